The molecular weight excluding hydrogens is 391 g/mol. The predicted octanol–water partition coefficient (Wildman–Crippen LogP) is 4.00. The Morgan fingerprint density at radius 2 is 1.78 bits per heavy atom. The van der Waals surface area contributed by atoms with Gasteiger partial charge in [0, 0.05) is 6.04 Å². The molecular formula is C19H18Cl2N2O4. The van der Waals surface area contributed by atoms with E-state index in [1.807, 2.05) is 19.1 Å². The number of rotatable bonds is 6. The Morgan fingerprint density at radius 1 is 1.22 bits per heavy atom. The summed E-state index contributed by atoms with van der Waals surface area (Å²) >= 11 is 12.1. The maximum Gasteiger partial charge on any atom is 0.292 e. The quantitative estimate of drug-likeness (QED) is 0.576. The van der Waals surface area contributed by atoms with E-state index < -0.39 is 0 Å². The van der Waals surface area contributed by atoms with Gasteiger partial charge in [0.1, 0.15) is 5.75 Å². The summed E-state index contributed by atoms with van der Waals surface area (Å²) in [5, 5.41) is 12.0. The molecule has 2 rings (SSSR count). The van der Waals surface area contributed by atoms with Gasteiger partial charge in [0.25, 0.3) is 18.6 Å². The molecule has 0 spiro atoms. The Hall–Kier alpha value is -2.75. The lowest BCUT2D eigenvalue weighted by Crippen LogP contribution is -2.34. The van der Waals surface area contributed by atoms with Crippen LogP contribution in [0.15, 0.2) is 42.5 Å². The van der Waals surface area contributed by atoms with Crippen LogP contribution in [-0.4, -0.2) is 25.5 Å². The Bertz CT molecular complexity index is 784. The number of nitriles is 1. The highest BCUT2D eigenvalue weighted by Crippen LogP contribution is 2.24. The first-order valence-electron chi connectivity index (χ1n) is 7.79. The van der Waals surface area contributed by atoms with Crippen LogP contribution in [0, 0.1) is 11.5 Å². The second kappa shape index (κ2) is 11.8. The standard InChI is InChI=1S/C17H14Cl2N2O2.C2H4O2/c1-11(9-12-5-7-13(8-6-12)23-10-20)21-17(22)16-14(18)3-2-4-15(16)19;1-4-2-3/h2-8,11H,9H2,1H3,(H,21,22);2H,1H3. The number of halogens is 2. The van der Waals surface area contributed by atoms with Crippen molar-refractivity contribution in [3.63, 3.8) is 0 Å². The molecule has 1 unspecified atom stereocenters. The van der Waals surface area contributed by atoms with Crippen molar-refractivity contribution in [2.75, 3.05) is 7.11 Å². The lowest BCUT2D eigenvalue weighted by molar-refractivity contribution is -0.126. The van der Waals surface area contributed by atoms with Gasteiger partial charge in [0.15, 0.2) is 0 Å². The van der Waals surface area contributed by atoms with Crippen molar-refractivity contribution in [2.24, 2.45) is 0 Å². The fraction of sp³-hybridized carbons (Fsp3) is 0.211. The minimum Gasteiger partial charge on any atom is -0.471 e. The van der Waals surface area contributed by atoms with Crippen LogP contribution in [0.4, 0.5) is 0 Å². The van der Waals surface area contributed by atoms with Crippen molar-refractivity contribution < 1.29 is 19.1 Å². The van der Waals surface area contributed by atoms with Gasteiger partial charge < -0.3 is 14.8 Å². The molecule has 0 fully saturated rings. The molecule has 6 nitrogen and oxygen atoms in total. The van der Waals surface area contributed by atoms with Gasteiger partial charge in [0.05, 0.1) is 22.7 Å². The van der Waals surface area contributed by atoms with Gasteiger partial charge in [-0.15, -0.1) is 5.26 Å². The summed E-state index contributed by atoms with van der Waals surface area (Å²) in [6, 6.07) is 11.9. The van der Waals surface area contributed by atoms with Crippen molar-refractivity contribution in [3.8, 4) is 12.0 Å². The summed E-state index contributed by atoms with van der Waals surface area (Å²) in [5.74, 6) is 0.174. The average Bonchev–Trinajstić information content (AvgIpc) is 2.63. The minimum atomic E-state index is -0.308. The lowest BCUT2D eigenvalue weighted by Gasteiger charge is -2.15. The molecule has 0 aliphatic carbocycles. The maximum absolute atomic E-state index is 12.3. The second-order valence-corrected chi connectivity index (χ2v) is 6.16. The molecule has 8 heteroatoms. The van der Waals surface area contributed by atoms with E-state index in [-0.39, 0.29) is 17.5 Å². The molecule has 0 heterocycles. The number of ether oxygens (including phenoxy) is 2. The van der Waals surface area contributed by atoms with E-state index in [0.717, 1.165) is 5.56 Å². The van der Waals surface area contributed by atoms with Crippen molar-refractivity contribution in [1.29, 1.82) is 5.26 Å². The SMILES string of the molecule is CC(Cc1ccc(OC#N)cc1)NC(=O)c1c(Cl)cccc1Cl.COC=O. The van der Waals surface area contributed by atoms with Crippen LogP contribution in [-0.2, 0) is 16.0 Å². The highest BCUT2D eigenvalue weighted by atomic mass is 35.5. The highest BCUT2D eigenvalue weighted by Gasteiger charge is 2.16. The van der Waals surface area contributed by atoms with Crippen LogP contribution in [0.2, 0.25) is 10.0 Å². The van der Waals surface area contributed by atoms with Gasteiger partial charge >= 0.3 is 0 Å². The second-order valence-electron chi connectivity index (χ2n) is 5.34. The summed E-state index contributed by atoms with van der Waals surface area (Å²) in [6.45, 7) is 2.27. The number of benzene rings is 2. The fourth-order valence-corrected chi connectivity index (χ4v) is 2.73. The van der Waals surface area contributed by atoms with Crippen molar-refractivity contribution in [1.82, 2.24) is 5.32 Å². The lowest BCUT2D eigenvalue weighted by atomic mass is 10.1. The van der Waals surface area contributed by atoms with Crippen LogP contribution in [0.25, 0.3) is 0 Å². The topological polar surface area (TPSA) is 88.4 Å². The Balaban J connectivity index is 0.000000828. The molecule has 27 heavy (non-hydrogen) atoms. The number of amides is 1. The zero-order valence-corrected chi connectivity index (χ0v) is 16.3. The molecule has 1 N–H and O–H groups in total. The number of methoxy groups -OCH3 is 1. The van der Waals surface area contributed by atoms with E-state index in [9.17, 15) is 4.79 Å². The number of carbonyl (C=O) groups is 2. The maximum atomic E-state index is 12.3. The number of nitrogens with zero attached hydrogens (tertiary/aromatic N) is 1. The molecule has 142 valence electrons. The van der Waals surface area contributed by atoms with Crippen LogP contribution < -0.4 is 10.1 Å². The van der Waals surface area contributed by atoms with Crippen molar-refractivity contribution >= 4 is 35.6 Å². The molecule has 1 atom stereocenters. The zero-order valence-electron chi connectivity index (χ0n) is 14.7. The summed E-state index contributed by atoms with van der Waals surface area (Å²) in [4.78, 5) is 21.2. The van der Waals surface area contributed by atoms with E-state index in [1.165, 1.54) is 7.11 Å². The molecule has 0 bridgehead atoms. The molecule has 0 saturated carbocycles. The van der Waals surface area contributed by atoms with Gasteiger partial charge in [-0.2, -0.15) is 0 Å². The first kappa shape index (κ1) is 22.3. The van der Waals surface area contributed by atoms with Gasteiger partial charge in [-0.25, -0.2) is 0 Å². The highest BCUT2D eigenvalue weighted by molar-refractivity contribution is 6.39. The summed E-state index contributed by atoms with van der Waals surface area (Å²) in [6.07, 6.45) is 2.24. The molecule has 2 aromatic carbocycles. The first-order chi connectivity index (χ1) is 12.9. The van der Waals surface area contributed by atoms with E-state index >= 15 is 0 Å². The van der Waals surface area contributed by atoms with E-state index in [0.29, 0.717) is 28.7 Å². The third-order valence-electron chi connectivity index (χ3n) is 3.29. The van der Waals surface area contributed by atoms with E-state index in [1.54, 1.807) is 36.6 Å². The third-order valence-corrected chi connectivity index (χ3v) is 3.92. The van der Waals surface area contributed by atoms with Gasteiger partial charge in [-0.05, 0) is 43.2 Å². The molecule has 2 aromatic rings. The smallest absolute Gasteiger partial charge is 0.292 e. The largest absolute Gasteiger partial charge is 0.471 e. The van der Waals surface area contributed by atoms with E-state index in [4.69, 9.17) is 38.0 Å². The summed E-state index contributed by atoms with van der Waals surface area (Å²) < 4.78 is 8.58. The predicted molar refractivity (Wildman–Crippen MR) is 103 cm³/mol. The number of carbonyl (C=O) groups excluding carboxylic acids is 2. The Kier molecular flexibility index (Phi) is 9.73. The van der Waals surface area contributed by atoms with Gasteiger partial charge in [0.2, 0.25) is 0 Å². The van der Waals surface area contributed by atoms with Crippen LogP contribution in [0.3, 0.4) is 0 Å². The monoisotopic (exact) mass is 408 g/mol. The van der Waals surface area contributed by atoms with Crippen molar-refractivity contribution in [2.45, 2.75) is 19.4 Å². The summed E-state index contributed by atoms with van der Waals surface area (Å²) in [7, 11) is 1.31. The molecule has 0 aromatic heterocycles. The van der Waals surface area contributed by atoms with Crippen molar-refractivity contribution in [3.05, 3.63) is 63.6 Å². The fourth-order valence-electron chi connectivity index (χ4n) is 2.16. The summed E-state index contributed by atoms with van der Waals surface area (Å²) in [5.41, 5.74) is 1.29. The third kappa shape index (κ3) is 7.57. The van der Waals surface area contributed by atoms with Crippen LogP contribution in [0.1, 0.15) is 22.8 Å². The molecule has 0 aliphatic heterocycles. The average molecular weight is 409 g/mol. The molecule has 1 amide bonds. The van der Waals surface area contributed by atoms with Crippen LogP contribution in [0.5, 0.6) is 5.75 Å². The molecule has 0 saturated heterocycles. The number of hydrogen-bond donors (Lipinski definition) is 1. The van der Waals surface area contributed by atoms with E-state index in [2.05, 4.69) is 10.1 Å². The van der Waals surface area contributed by atoms with Gasteiger partial charge in [-0.3, -0.25) is 9.59 Å². The Labute approximate surface area is 167 Å². The Morgan fingerprint density at radius 3 is 2.26 bits per heavy atom. The minimum absolute atomic E-state index is 0.113. The normalized spacial score (nSPS) is 10.5. The van der Waals surface area contributed by atoms with Gasteiger partial charge in [-0.1, -0.05) is 41.4 Å². The molecule has 0 radical (unpaired) electrons. The zero-order chi connectivity index (χ0) is 20.2. The van der Waals surface area contributed by atoms with Crippen LogP contribution >= 0.6 is 23.2 Å². The number of hydrogen-bond acceptors (Lipinski definition) is 5. The molecule has 0 aliphatic rings. The first-order valence-corrected chi connectivity index (χ1v) is 8.54. The number of nitrogens with one attached hydrogen (secondary N) is 1.